The van der Waals surface area contributed by atoms with Crippen LogP contribution in [0.5, 0.6) is 0 Å². The molecule has 0 bridgehead atoms. The van der Waals surface area contributed by atoms with Gasteiger partial charge in [0.05, 0.1) is 23.8 Å². The van der Waals surface area contributed by atoms with Crippen LogP contribution >= 0.6 is 0 Å². The second-order valence-corrected chi connectivity index (χ2v) is 8.51. The van der Waals surface area contributed by atoms with Gasteiger partial charge in [0.25, 0.3) is 0 Å². The Balaban J connectivity index is 1.57. The first-order valence-corrected chi connectivity index (χ1v) is 10.3. The molecular weight excluding hydrogens is 376 g/mol. The number of fused-ring (bicyclic) bond motifs is 1. The van der Waals surface area contributed by atoms with Crippen molar-refractivity contribution >= 4 is 39.2 Å². The van der Waals surface area contributed by atoms with E-state index >= 15 is 0 Å². The normalized spacial score (nSPS) is 21.3. The number of Topliss-reactive ketones (excluding diaryl/α,β-unsaturated/α-hetero) is 3. The first kappa shape index (κ1) is 17.4. The summed E-state index contributed by atoms with van der Waals surface area (Å²) in [6.45, 7) is 2.64. The van der Waals surface area contributed by atoms with Gasteiger partial charge in [0.1, 0.15) is 11.6 Å². The van der Waals surface area contributed by atoms with Gasteiger partial charge in [-0.05, 0) is 35.7 Å². The second kappa shape index (κ2) is 6.02. The zero-order valence-corrected chi connectivity index (χ0v) is 16.6. The van der Waals surface area contributed by atoms with Crippen molar-refractivity contribution < 1.29 is 14.4 Å². The Bertz CT molecular complexity index is 1400. The minimum Gasteiger partial charge on any atom is -0.361 e. The van der Waals surface area contributed by atoms with Crippen LogP contribution in [0.3, 0.4) is 0 Å². The van der Waals surface area contributed by atoms with Crippen LogP contribution in [0.25, 0.3) is 21.8 Å². The van der Waals surface area contributed by atoms with Gasteiger partial charge in [0.15, 0.2) is 5.78 Å². The lowest BCUT2D eigenvalue weighted by Crippen LogP contribution is -2.14. The number of hydrogen-bond acceptors (Lipinski definition) is 3. The number of rotatable bonds is 2. The van der Waals surface area contributed by atoms with E-state index in [9.17, 15) is 14.4 Å². The predicted molar refractivity (Wildman–Crippen MR) is 114 cm³/mol. The van der Waals surface area contributed by atoms with Crippen molar-refractivity contribution in [3.8, 4) is 0 Å². The number of nitrogens with one attached hydrogen (secondary N) is 1. The van der Waals surface area contributed by atoms with Crippen LogP contribution in [0.15, 0.2) is 48.8 Å². The fourth-order valence-electron chi connectivity index (χ4n) is 5.38. The lowest BCUT2D eigenvalue weighted by Gasteiger charge is -2.17. The summed E-state index contributed by atoms with van der Waals surface area (Å²) in [5.41, 5.74) is 5.46. The van der Waals surface area contributed by atoms with Crippen LogP contribution in [-0.2, 0) is 16.1 Å². The molecular formula is C25H20N2O3. The molecule has 1 fully saturated rings. The molecule has 0 radical (unpaired) electrons. The molecule has 2 aromatic carbocycles. The van der Waals surface area contributed by atoms with E-state index in [1.165, 1.54) is 0 Å². The molecule has 4 aromatic rings. The maximum atomic E-state index is 13.1. The average Bonchev–Trinajstić information content (AvgIpc) is 3.38. The van der Waals surface area contributed by atoms with Crippen molar-refractivity contribution in [2.45, 2.75) is 38.1 Å². The Kier molecular flexibility index (Phi) is 3.49. The molecule has 3 heterocycles. The first-order valence-electron chi connectivity index (χ1n) is 10.3. The Hall–Kier alpha value is -3.47. The van der Waals surface area contributed by atoms with E-state index in [-0.39, 0.29) is 23.8 Å². The number of hydrogen-bond donors (Lipinski definition) is 1. The smallest absolute Gasteiger partial charge is 0.166 e. The van der Waals surface area contributed by atoms with Crippen LogP contribution in [0.1, 0.15) is 51.7 Å². The van der Waals surface area contributed by atoms with Crippen LogP contribution in [-0.4, -0.2) is 26.9 Å². The number of carbonyl (C=O) groups is 3. The molecule has 1 N–H and O–H groups in total. The summed E-state index contributed by atoms with van der Waals surface area (Å²) in [6.07, 6.45) is 4.29. The van der Waals surface area contributed by atoms with Gasteiger partial charge in [-0.2, -0.15) is 0 Å². The van der Waals surface area contributed by atoms with Gasteiger partial charge in [-0.15, -0.1) is 0 Å². The number of ketones is 3. The standard InChI is InChI=1S/C25H20N2O3/c1-13-5-6-14-17(11-26-19(14)9-13)23-21(29)10-22(30)24(23)18-12-27-8-7-20(28)16-4-2-3-15(18)25(16)27/h2-6,9,11-12,23-24,26H,7-8,10H2,1H3/t23-,24-/m1/s1. The molecule has 148 valence electrons. The number of aromatic nitrogens is 2. The third-order valence-electron chi connectivity index (χ3n) is 6.72. The molecule has 5 heteroatoms. The molecule has 2 aromatic heterocycles. The van der Waals surface area contributed by atoms with Gasteiger partial charge in [0, 0.05) is 47.2 Å². The molecule has 0 amide bonds. The lowest BCUT2D eigenvalue weighted by molar-refractivity contribution is -0.122. The van der Waals surface area contributed by atoms with Gasteiger partial charge in [-0.1, -0.05) is 24.3 Å². The first-order chi connectivity index (χ1) is 14.5. The highest BCUT2D eigenvalue weighted by Crippen LogP contribution is 2.46. The lowest BCUT2D eigenvalue weighted by atomic mass is 9.82. The average molecular weight is 396 g/mol. The highest BCUT2D eigenvalue weighted by molar-refractivity contribution is 6.17. The molecule has 30 heavy (non-hydrogen) atoms. The number of nitrogens with zero attached hydrogens (tertiary/aromatic N) is 1. The Morgan fingerprint density at radius 1 is 0.967 bits per heavy atom. The topological polar surface area (TPSA) is 71.9 Å². The van der Waals surface area contributed by atoms with Crippen molar-refractivity contribution in [3.05, 3.63) is 71.0 Å². The number of aryl methyl sites for hydroxylation is 2. The van der Waals surface area contributed by atoms with Crippen molar-refractivity contribution in [1.82, 2.24) is 9.55 Å². The summed E-state index contributed by atoms with van der Waals surface area (Å²) < 4.78 is 2.08. The maximum Gasteiger partial charge on any atom is 0.166 e. The van der Waals surface area contributed by atoms with Gasteiger partial charge in [-0.3, -0.25) is 14.4 Å². The zero-order valence-electron chi connectivity index (χ0n) is 16.6. The Morgan fingerprint density at radius 3 is 2.60 bits per heavy atom. The van der Waals surface area contributed by atoms with Crippen LogP contribution in [0.4, 0.5) is 0 Å². The molecule has 2 atom stereocenters. The summed E-state index contributed by atoms with van der Waals surface area (Å²) >= 11 is 0. The minimum absolute atomic E-state index is 0.0329. The summed E-state index contributed by atoms with van der Waals surface area (Å²) in [5, 5.41) is 1.90. The van der Waals surface area contributed by atoms with E-state index < -0.39 is 11.8 Å². The molecule has 6 rings (SSSR count). The third kappa shape index (κ3) is 2.26. The number of aromatic amines is 1. The molecule has 0 saturated heterocycles. The third-order valence-corrected chi connectivity index (χ3v) is 6.72. The zero-order chi connectivity index (χ0) is 20.6. The quantitative estimate of drug-likeness (QED) is 0.510. The van der Waals surface area contributed by atoms with E-state index in [1.54, 1.807) is 0 Å². The SMILES string of the molecule is Cc1ccc2c([C@@H]3C(=O)CC(=O)[C@H]3c3cn4c5c(cccc35)C(=O)CC4)c[nH]c2c1. The highest BCUT2D eigenvalue weighted by atomic mass is 16.2. The minimum atomic E-state index is -0.523. The fourth-order valence-corrected chi connectivity index (χ4v) is 5.38. The van der Waals surface area contributed by atoms with Crippen molar-refractivity contribution in [1.29, 1.82) is 0 Å². The second-order valence-electron chi connectivity index (χ2n) is 8.51. The molecule has 1 saturated carbocycles. The molecule has 1 aliphatic carbocycles. The van der Waals surface area contributed by atoms with E-state index in [0.717, 1.165) is 38.5 Å². The fraction of sp³-hybridized carbons (Fsp3) is 0.240. The largest absolute Gasteiger partial charge is 0.361 e. The van der Waals surface area contributed by atoms with Crippen LogP contribution in [0, 0.1) is 6.92 Å². The van der Waals surface area contributed by atoms with E-state index in [1.807, 2.05) is 49.6 Å². The van der Waals surface area contributed by atoms with Crippen molar-refractivity contribution in [2.75, 3.05) is 0 Å². The number of para-hydroxylation sites is 1. The van der Waals surface area contributed by atoms with Gasteiger partial charge >= 0.3 is 0 Å². The van der Waals surface area contributed by atoms with Crippen molar-refractivity contribution in [2.24, 2.45) is 0 Å². The summed E-state index contributed by atoms with van der Waals surface area (Å²) in [6, 6.07) is 11.8. The molecule has 2 aliphatic rings. The monoisotopic (exact) mass is 396 g/mol. The van der Waals surface area contributed by atoms with Gasteiger partial charge < -0.3 is 9.55 Å². The molecule has 0 unspecified atom stereocenters. The van der Waals surface area contributed by atoms with E-state index in [4.69, 9.17) is 0 Å². The molecule has 0 spiro atoms. The van der Waals surface area contributed by atoms with Gasteiger partial charge in [-0.25, -0.2) is 0 Å². The van der Waals surface area contributed by atoms with Crippen LogP contribution in [0.2, 0.25) is 0 Å². The number of carbonyl (C=O) groups excluding carboxylic acids is 3. The molecule has 5 nitrogen and oxygen atoms in total. The summed E-state index contributed by atoms with van der Waals surface area (Å²) in [7, 11) is 0. The summed E-state index contributed by atoms with van der Waals surface area (Å²) in [4.78, 5) is 41.8. The van der Waals surface area contributed by atoms with Crippen LogP contribution < -0.4 is 0 Å². The highest BCUT2D eigenvalue weighted by Gasteiger charge is 2.45. The van der Waals surface area contributed by atoms with E-state index in [2.05, 4.69) is 15.6 Å². The maximum absolute atomic E-state index is 13.1. The Labute approximate surface area is 172 Å². The number of benzene rings is 2. The predicted octanol–water partition coefficient (Wildman–Crippen LogP) is 4.43. The molecule has 1 aliphatic heterocycles. The number of H-pyrrole nitrogens is 1. The van der Waals surface area contributed by atoms with E-state index in [0.29, 0.717) is 18.5 Å². The Morgan fingerprint density at radius 2 is 1.77 bits per heavy atom. The van der Waals surface area contributed by atoms with Crippen molar-refractivity contribution in [3.63, 3.8) is 0 Å². The van der Waals surface area contributed by atoms with Gasteiger partial charge in [0.2, 0.25) is 0 Å². The summed E-state index contributed by atoms with van der Waals surface area (Å²) in [5.74, 6) is -0.968.